The highest BCUT2D eigenvalue weighted by Gasteiger charge is 2.35. The predicted molar refractivity (Wildman–Crippen MR) is 52.2 cm³/mol. The molecule has 0 bridgehead atoms. The summed E-state index contributed by atoms with van der Waals surface area (Å²) in [4.78, 5) is 0. The van der Waals surface area contributed by atoms with E-state index in [0.29, 0.717) is 23.9 Å². The second kappa shape index (κ2) is 3.95. The summed E-state index contributed by atoms with van der Waals surface area (Å²) in [6.45, 7) is 1.80. The van der Waals surface area contributed by atoms with Crippen LogP contribution < -0.4 is 11.5 Å². The lowest BCUT2D eigenvalue weighted by molar-refractivity contribution is 0.0411. The molecule has 1 saturated heterocycles. The van der Waals surface area contributed by atoms with Crippen molar-refractivity contribution in [2.75, 3.05) is 13.2 Å². The van der Waals surface area contributed by atoms with Gasteiger partial charge in [-0.1, -0.05) is 0 Å². The van der Waals surface area contributed by atoms with Crippen LogP contribution in [0.25, 0.3) is 0 Å². The fraction of sp³-hybridized carbons (Fsp3) is 1.00. The van der Waals surface area contributed by atoms with E-state index in [0.717, 1.165) is 38.9 Å². The van der Waals surface area contributed by atoms with E-state index in [4.69, 9.17) is 16.2 Å². The minimum atomic E-state index is 0.378. The third-order valence-corrected chi connectivity index (χ3v) is 3.57. The third kappa shape index (κ3) is 2.03. The minimum absolute atomic E-state index is 0.378. The zero-order valence-electron chi connectivity index (χ0n) is 8.11. The number of hydrogen-bond acceptors (Lipinski definition) is 3. The topological polar surface area (TPSA) is 61.3 Å². The van der Waals surface area contributed by atoms with Gasteiger partial charge in [0.2, 0.25) is 0 Å². The first-order chi connectivity index (χ1) is 6.27. The highest BCUT2D eigenvalue weighted by molar-refractivity contribution is 4.92. The summed E-state index contributed by atoms with van der Waals surface area (Å²) in [6, 6.07) is 0.805. The van der Waals surface area contributed by atoms with E-state index in [2.05, 4.69) is 0 Å². The Bertz CT molecular complexity index is 162. The fourth-order valence-corrected chi connectivity index (χ4v) is 2.51. The molecule has 3 nitrogen and oxygen atoms in total. The highest BCUT2D eigenvalue weighted by atomic mass is 16.5. The lowest BCUT2D eigenvalue weighted by Gasteiger charge is -2.41. The molecular weight excluding hydrogens is 164 g/mol. The van der Waals surface area contributed by atoms with Gasteiger partial charge in [-0.15, -0.1) is 0 Å². The molecule has 1 saturated carbocycles. The van der Waals surface area contributed by atoms with Crippen LogP contribution in [0.4, 0.5) is 0 Å². The molecule has 2 aliphatic rings. The van der Waals surface area contributed by atoms with Gasteiger partial charge in [0.05, 0.1) is 0 Å². The minimum Gasteiger partial charge on any atom is -0.381 e. The number of ether oxygens (including phenoxy) is 1. The van der Waals surface area contributed by atoms with Gasteiger partial charge in [-0.25, -0.2) is 0 Å². The fourth-order valence-electron chi connectivity index (χ4n) is 2.51. The van der Waals surface area contributed by atoms with Crippen LogP contribution in [-0.2, 0) is 4.74 Å². The van der Waals surface area contributed by atoms with Gasteiger partial charge in [0.25, 0.3) is 0 Å². The maximum atomic E-state index is 6.20. The molecule has 1 heterocycles. The van der Waals surface area contributed by atoms with Crippen LogP contribution in [0.1, 0.15) is 25.7 Å². The molecule has 0 radical (unpaired) electrons. The maximum Gasteiger partial charge on any atom is 0.0469 e. The van der Waals surface area contributed by atoms with Gasteiger partial charge in [0.1, 0.15) is 0 Å². The predicted octanol–water partition coefficient (Wildman–Crippen LogP) is 0.478. The molecule has 76 valence electrons. The molecule has 0 spiro atoms. The number of nitrogens with two attached hydrogens (primary N) is 2. The van der Waals surface area contributed by atoms with Gasteiger partial charge < -0.3 is 16.2 Å². The Balaban J connectivity index is 1.78. The first kappa shape index (κ1) is 9.44. The summed E-state index contributed by atoms with van der Waals surface area (Å²) in [5, 5.41) is 0. The van der Waals surface area contributed by atoms with Crippen molar-refractivity contribution in [3.8, 4) is 0 Å². The highest BCUT2D eigenvalue weighted by Crippen LogP contribution is 2.33. The summed E-state index contributed by atoms with van der Waals surface area (Å²) < 4.78 is 5.32. The van der Waals surface area contributed by atoms with Crippen molar-refractivity contribution in [2.24, 2.45) is 23.3 Å². The molecule has 1 aliphatic carbocycles. The molecule has 13 heavy (non-hydrogen) atoms. The Labute approximate surface area is 79.8 Å². The standard InChI is InChI=1S/C10H20N2O/c11-9-5-8(6-9)10(12)7-1-3-13-4-2-7/h7-10H,1-6,11-12H2. The molecular formula is C10H20N2O. The molecule has 0 amide bonds. The van der Waals surface area contributed by atoms with Crippen LogP contribution in [0.15, 0.2) is 0 Å². The van der Waals surface area contributed by atoms with Gasteiger partial charge in [-0.3, -0.25) is 0 Å². The van der Waals surface area contributed by atoms with Crippen molar-refractivity contribution in [1.29, 1.82) is 0 Å². The number of rotatable bonds is 2. The molecule has 1 aliphatic heterocycles. The largest absolute Gasteiger partial charge is 0.381 e. The molecule has 1 atom stereocenters. The normalized spacial score (nSPS) is 38.3. The van der Waals surface area contributed by atoms with Crippen LogP contribution in [0.3, 0.4) is 0 Å². The average molecular weight is 184 g/mol. The summed E-state index contributed by atoms with van der Waals surface area (Å²) in [7, 11) is 0. The summed E-state index contributed by atoms with van der Waals surface area (Å²) >= 11 is 0. The van der Waals surface area contributed by atoms with E-state index in [1.807, 2.05) is 0 Å². The van der Waals surface area contributed by atoms with Gasteiger partial charge in [-0.2, -0.15) is 0 Å². The van der Waals surface area contributed by atoms with E-state index in [-0.39, 0.29) is 0 Å². The molecule has 3 heteroatoms. The van der Waals surface area contributed by atoms with Crippen molar-refractivity contribution in [3.63, 3.8) is 0 Å². The van der Waals surface area contributed by atoms with Crippen LogP contribution in [0.2, 0.25) is 0 Å². The molecule has 2 rings (SSSR count). The van der Waals surface area contributed by atoms with Gasteiger partial charge in [0, 0.05) is 25.3 Å². The zero-order valence-corrected chi connectivity index (χ0v) is 8.11. The van der Waals surface area contributed by atoms with Crippen molar-refractivity contribution >= 4 is 0 Å². The maximum absolute atomic E-state index is 6.20. The SMILES string of the molecule is NC1CC(C(N)C2CCOCC2)C1. The Morgan fingerprint density at radius 1 is 1.08 bits per heavy atom. The second-order valence-corrected chi connectivity index (χ2v) is 4.52. The first-order valence-electron chi connectivity index (χ1n) is 5.36. The van der Waals surface area contributed by atoms with Crippen molar-refractivity contribution in [1.82, 2.24) is 0 Å². The molecule has 1 unspecified atom stereocenters. The monoisotopic (exact) mass is 184 g/mol. The Hall–Kier alpha value is -0.120. The van der Waals surface area contributed by atoms with E-state index >= 15 is 0 Å². The van der Waals surface area contributed by atoms with E-state index in [9.17, 15) is 0 Å². The third-order valence-electron chi connectivity index (χ3n) is 3.57. The average Bonchev–Trinajstić information content (AvgIpc) is 2.13. The first-order valence-corrected chi connectivity index (χ1v) is 5.36. The summed E-state index contributed by atoms with van der Waals surface area (Å²) in [5.74, 6) is 1.38. The quantitative estimate of drug-likeness (QED) is 0.656. The van der Waals surface area contributed by atoms with Crippen molar-refractivity contribution in [2.45, 2.75) is 37.8 Å². The molecule has 4 N–H and O–H groups in total. The van der Waals surface area contributed by atoms with Crippen LogP contribution in [0.5, 0.6) is 0 Å². The Morgan fingerprint density at radius 2 is 1.69 bits per heavy atom. The summed E-state index contributed by atoms with van der Waals surface area (Å²) in [5.41, 5.74) is 12.0. The Kier molecular flexibility index (Phi) is 2.86. The van der Waals surface area contributed by atoms with Gasteiger partial charge in [-0.05, 0) is 37.5 Å². The van der Waals surface area contributed by atoms with Crippen LogP contribution in [-0.4, -0.2) is 25.3 Å². The Morgan fingerprint density at radius 3 is 2.23 bits per heavy atom. The molecule has 0 aromatic carbocycles. The van der Waals surface area contributed by atoms with Crippen LogP contribution >= 0.6 is 0 Å². The lowest BCUT2D eigenvalue weighted by atomic mass is 9.71. The van der Waals surface area contributed by atoms with Gasteiger partial charge >= 0.3 is 0 Å². The van der Waals surface area contributed by atoms with E-state index < -0.39 is 0 Å². The summed E-state index contributed by atoms with van der Waals surface area (Å²) in [6.07, 6.45) is 4.57. The molecule has 0 aromatic rings. The van der Waals surface area contributed by atoms with Crippen molar-refractivity contribution < 1.29 is 4.74 Å². The number of hydrogen-bond donors (Lipinski definition) is 2. The lowest BCUT2D eigenvalue weighted by Crippen LogP contribution is -2.49. The molecule has 2 fully saturated rings. The zero-order chi connectivity index (χ0) is 9.26. The molecule has 0 aromatic heterocycles. The smallest absolute Gasteiger partial charge is 0.0469 e. The van der Waals surface area contributed by atoms with E-state index in [1.165, 1.54) is 0 Å². The van der Waals surface area contributed by atoms with Crippen LogP contribution in [0, 0.1) is 11.8 Å². The van der Waals surface area contributed by atoms with E-state index in [1.54, 1.807) is 0 Å². The van der Waals surface area contributed by atoms with Crippen molar-refractivity contribution in [3.05, 3.63) is 0 Å². The second-order valence-electron chi connectivity index (χ2n) is 4.52. The van der Waals surface area contributed by atoms with Gasteiger partial charge in [0.15, 0.2) is 0 Å².